The maximum absolute atomic E-state index is 12.7. The summed E-state index contributed by atoms with van der Waals surface area (Å²) in [6.45, 7) is 4.55. The van der Waals surface area contributed by atoms with E-state index >= 15 is 0 Å². The Hall–Kier alpha value is -2.37. The Morgan fingerprint density at radius 2 is 1.13 bits per heavy atom. The Labute approximate surface area is 370 Å². The van der Waals surface area contributed by atoms with Crippen LogP contribution in [-0.4, -0.2) is 77.9 Å². The van der Waals surface area contributed by atoms with Crippen molar-refractivity contribution in [1.82, 2.24) is 0 Å². The lowest BCUT2D eigenvalue weighted by atomic mass is 9.99. The molecule has 352 valence electrons. The van der Waals surface area contributed by atoms with Crippen LogP contribution in [-0.2, 0) is 37.4 Å². The predicted octanol–water partition coefficient (Wildman–Crippen LogP) is 11.9. The van der Waals surface area contributed by atoms with Gasteiger partial charge in [0.1, 0.15) is 12.7 Å². The van der Waals surface area contributed by atoms with Crippen LogP contribution in [0.25, 0.3) is 0 Å². The van der Waals surface area contributed by atoms with Gasteiger partial charge in [-0.05, 0) is 57.3 Å². The van der Waals surface area contributed by atoms with Crippen molar-refractivity contribution in [3.63, 3.8) is 0 Å². The zero-order valence-corrected chi connectivity index (χ0v) is 39.1. The number of aliphatic hydroxyl groups excluding tert-OH is 2. The van der Waals surface area contributed by atoms with Gasteiger partial charge in [0.05, 0.1) is 32.0 Å². The lowest BCUT2D eigenvalue weighted by molar-refractivity contribution is -0.161. The second-order valence-corrected chi connectivity index (χ2v) is 17.8. The van der Waals surface area contributed by atoms with Crippen LogP contribution in [0.1, 0.15) is 181 Å². The Morgan fingerprint density at radius 1 is 0.639 bits per heavy atom. The molecule has 61 heavy (non-hydrogen) atoms. The zero-order valence-electron chi connectivity index (χ0n) is 38.2. The van der Waals surface area contributed by atoms with E-state index < -0.39 is 51.8 Å². The van der Waals surface area contributed by atoms with Gasteiger partial charge in [0.15, 0.2) is 6.10 Å². The maximum Gasteiger partial charge on any atom is 0.472 e. The first-order chi connectivity index (χ1) is 29.6. The van der Waals surface area contributed by atoms with Gasteiger partial charge >= 0.3 is 19.8 Å². The van der Waals surface area contributed by atoms with E-state index in [0.717, 1.165) is 63.7 Å². The van der Waals surface area contributed by atoms with Gasteiger partial charge in [-0.15, -0.1) is 0 Å². The molecule has 0 aliphatic carbocycles. The molecule has 1 aliphatic heterocycles. The van der Waals surface area contributed by atoms with Crippen molar-refractivity contribution in [3.05, 3.63) is 60.8 Å². The topological polar surface area (TPSA) is 161 Å². The van der Waals surface area contributed by atoms with Crippen molar-refractivity contribution in [2.24, 2.45) is 5.92 Å². The third-order valence-electron chi connectivity index (χ3n) is 10.6. The monoisotopic (exact) mass is 881 g/mol. The summed E-state index contributed by atoms with van der Waals surface area (Å²) < 4.78 is 38.4. The molecule has 0 radical (unpaired) electrons. The standard InChI is InChI=1S/C49H85O11P/c1-4-6-29-35-46-47(60-46)36-31-26-22-18-14-11-12-15-19-23-27-32-37-48(52)56-41-45(42-58-61(54,55)57-40-44(51)39-50)59-49(53)38-33-28-24-20-16-10-8-7-9-13-17-21-25-30-34-43(3)5-2/h6,12,14-15,18,23,26-27,29,31,43-47,50-51H,4-5,7-11,13,16-17,19-22,24-25,28,30,32-42H2,1-3H3,(H,54,55)/b15-12-,18-14-,27-23-,29-6-,31-26-/t43?,44-,45+,46?,47?/m0/s1. The first kappa shape index (κ1) is 56.6. The summed E-state index contributed by atoms with van der Waals surface area (Å²) in [6, 6.07) is 0. The van der Waals surface area contributed by atoms with Crippen LogP contribution >= 0.6 is 7.82 Å². The van der Waals surface area contributed by atoms with Crippen molar-refractivity contribution in [3.8, 4) is 0 Å². The summed E-state index contributed by atoms with van der Waals surface area (Å²) in [6.07, 6.45) is 45.2. The first-order valence-corrected chi connectivity index (χ1v) is 25.3. The third kappa shape index (κ3) is 36.8. The molecule has 0 saturated carbocycles. The fourth-order valence-corrected chi connectivity index (χ4v) is 7.30. The number of ether oxygens (including phenoxy) is 3. The fourth-order valence-electron chi connectivity index (χ4n) is 6.51. The Balaban J connectivity index is 2.26. The molecule has 0 aromatic heterocycles. The van der Waals surface area contributed by atoms with Crippen LogP contribution in [0.15, 0.2) is 60.8 Å². The molecule has 0 amide bonds. The number of unbranched alkanes of at least 4 members (excludes halogenated alkanes) is 13. The van der Waals surface area contributed by atoms with Gasteiger partial charge in [0, 0.05) is 12.8 Å². The molecule has 0 aromatic rings. The number of epoxide rings is 1. The zero-order chi connectivity index (χ0) is 44.7. The number of hydrogen-bond acceptors (Lipinski definition) is 10. The van der Waals surface area contributed by atoms with Crippen molar-refractivity contribution >= 4 is 19.8 Å². The number of rotatable bonds is 42. The van der Waals surface area contributed by atoms with Crippen LogP contribution in [0.4, 0.5) is 0 Å². The van der Waals surface area contributed by atoms with E-state index in [-0.39, 0.29) is 19.4 Å². The number of esters is 2. The summed E-state index contributed by atoms with van der Waals surface area (Å²) in [4.78, 5) is 35.1. The van der Waals surface area contributed by atoms with Gasteiger partial charge in [0.2, 0.25) is 0 Å². The molecule has 6 atom stereocenters. The van der Waals surface area contributed by atoms with Crippen LogP contribution in [0.3, 0.4) is 0 Å². The minimum absolute atomic E-state index is 0.112. The second kappa shape index (κ2) is 39.2. The van der Waals surface area contributed by atoms with Gasteiger partial charge < -0.3 is 29.3 Å². The number of aliphatic hydroxyl groups is 2. The Morgan fingerprint density at radius 3 is 1.67 bits per heavy atom. The summed E-state index contributed by atoms with van der Waals surface area (Å²) in [5, 5.41) is 18.4. The average Bonchev–Trinajstić information content (AvgIpc) is 4.01. The van der Waals surface area contributed by atoms with Crippen molar-refractivity contribution in [1.29, 1.82) is 0 Å². The van der Waals surface area contributed by atoms with Crippen LogP contribution in [0.2, 0.25) is 0 Å². The van der Waals surface area contributed by atoms with E-state index in [2.05, 4.69) is 69.4 Å². The average molecular weight is 881 g/mol. The van der Waals surface area contributed by atoms with E-state index in [0.29, 0.717) is 25.0 Å². The molecule has 1 fully saturated rings. The molecule has 12 heteroatoms. The molecule has 1 aliphatic rings. The fraction of sp³-hybridized carbons (Fsp3) is 0.755. The highest BCUT2D eigenvalue weighted by Crippen LogP contribution is 2.43. The number of phosphoric ester groups is 1. The Bertz CT molecular complexity index is 1280. The number of carbonyl (C=O) groups excluding carboxylic acids is 2. The van der Waals surface area contributed by atoms with Crippen LogP contribution < -0.4 is 0 Å². The third-order valence-corrected chi connectivity index (χ3v) is 11.6. The van der Waals surface area contributed by atoms with E-state index in [9.17, 15) is 24.2 Å². The molecular formula is C49H85O11P. The van der Waals surface area contributed by atoms with Gasteiger partial charge in [-0.1, -0.05) is 178 Å². The molecule has 0 bridgehead atoms. The maximum atomic E-state index is 12.7. The smallest absolute Gasteiger partial charge is 0.462 e. The van der Waals surface area contributed by atoms with Crippen LogP contribution in [0, 0.1) is 5.92 Å². The Kier molecular flexibility index (Phi) is 36.4. The van der Waals surface area contributed by atoms with E-state index in [4.69, 9.17) is 28.4 Å². The molecule has 1 saturated heterocycles. The van der Waals surface area contributed by atoms with Crippen molar-refractivity contribution in [2.45, 2.75) is 206 Å². The predicted molar refractivity (Wildman–Crippen MR) is 246 cm³/mol. The van der Waals surface area contributed by atoms with E-state index in [1.54, 1.807) is 0 Å². The van der Waals surface area contributed by atoms with E-state index in [1.807, 2.05) is 12.2 Å². The highest BCUT2D eigenvalue weighted by Gasteiger charge is 2.36. The normalized spacial score (nSPS) is 18.1. The van der Waals surface area contributed by atoms with Crippen molar-refractivity contribution < 1.29 is 52.5 Å². The molecule has 3 N–H and O–H groups in total. The quantitative estimate of drug-likeness (QED) is 0.0176. The first-order valence-electron chi connectivity index (χ1n) is 23.8. The molecule has 0 aromatic carbocycles. The summed E-state index contributed by atoms with van der Waals surface area (Å²) >= 11 is 0. The largest absolute Gasteiger partial charge is 0.472 e. The summed E-state index contributed by atoms with van der Waals surface area (Å²) in [5.41, 5.74) is 0. The van der Waals surface area contributed by atoms with E-state index in [1.165, 1.54) is 77.0 Å². The highest BCUT2D eigenvalue weighted by atomic mass is 31.2. The molecule has 1 rings (SSSR count). The van der Waals surface area contributed by atoms with Gasteiger partial charge in [0.25, 0.3) is 0 Å². The van der Waals surface area contributed by atoms with Gasteiger partial charge in [-0.3, -0.25) is 18.6 Å². The SMILES string of the molecule is CC/C=C\CC1OC1C/C=C\C/C=C\C/C=C\C/C=C\CCC(=O)OC[C@H](COP(=O)(O)OC[C@@H](O)CO)OC(=O)CCCCCCCCCCCCCCCCC(C)CC. The van der Waals surface area contributed by atoms with Gasteiger partial charge in [-0.2, -0.15) is 0 Å². The second-order valence-electron chi connectivity index (χ2n) is 16.4. The lowest BCUT2D eigenvalue weighted by Crippen LogP contribution is -2.29. The minimum Gasteiger partial charge on any atom is -0.462 e. The number of phosphoric acid groups is 1. The number of allylic oxidation sites excluding steroid dienone is 8. The molecule has 1 heterocycles. The number of hydrogen-bond donors (Lipinski definition) is 3. The minimum atomic E-state index is -4.64. The highest BCUT2D eigenvalue weighted by molar-refractivity contribution is 7.47. The number of carbonyl (C=O) groups is 2. The van der Waals surface area contributed by atoms with Crippen molar-refractivity contribution in [2.75, 3.05) is 26.4 Å². The molecular weight excluding hydrogens is 796 g/mol. The molecule has 0 spiro atoms. The lowest BCUT2D eigenvalue weighted by Gasteiger charge is -2.20. The molecule has 11 nitrogen and oxygen atoms in total. The molecule has 4 unspecified atom stereocenters. The summed E-state index contributed by atoms with van der Waals surface area (Å²) in [7, 11) is -4.64. The summed E-state index contributed by atoms with van der Waals surface area (Å²) in [5.74, 6) is -0.158. The van der Waals surface area contributed by atoms with Gasteiger partial charge in [-0.25, -0.2) is 4.57 Å². The van der Waals surface area contributed by atoms with Crippen LogP contribution in [0.5, 0.6) is 0 Å².